The molecule has 1 fully saturated rings. The normalized spacial score (nSPS) is 17.2. The Morgan fingerprint density at radius 3 is 2.19 bits per heavy atom. The summed E-state index contributed by atoms with van der Waals surface area (Å²) in [6, 6.07) is 6.04. The zero-order valence-electron chi connectivity index (χ0n) is 15.9. The van der Waals surface area contributed by atoms with Gasteiger partial charge in [-0.25, -0.2) is 13.1 Å². The minimum absolute atomic E-state index is 0. The van der Waals surface area contributed by atoms with Gasteiger partial charge in [0, 0.05) is 17.6 Å². The number of hydrogen-bond acceptors (Lipinski definition) is 4. The van der Waals surface area contributed by atoms with Crippen LogP contribution in [0.15, 0.2) is 29.2 Å². The number of piperidine rings is 1. The second-order valence-electron chi connectivity index (χ2n) is 8.12. The van der Waals surface area contributed by atoms with Crippen LogP contribution < -0.4 is 15.4 Å². The summed E-state index contributed by atoms with van der Waals surface area (Å²) in [6.07, 6.45) is 2.06. The Morgan fingerprint density at radius 1 is 1.15 bits per heavy atom. The molecular weight excluding hydrogens is 374 g/mol. The van der Waals surface area contributed by atoms with E-state index in [9.17, 15) is 13.2 Å². The number of sulfonamides is 1. The summed E-state index contributed by atoms with van der Waals surface area (Å²) in [6.45, 7) is 10.1. The van der Waals surface area contributed by atoms with Gasteiger partial charge in [-0.2, -0.15) is 0 Å². The Morgan fingerprint density at radius 2 is 1.69 bits per heavy atom. The Bertz CT molecular complexity index is 706. The third-order valence-electron chi connectivity index (χ3n) is 4.35. The van der Waals surface area contributed by atoms with Crippen LogP contribution in [-0.2, 0) is 10.0 Å². The first-order chi connectivity index (χ1) is 11.5. The zero-order chi connectivity index (χ0) is 18.7. The van der Waals surface area contributed by atoms with E-state index >= 15 is 0 Å². The molecule has 8 heteroatoms. The van der Waals surface area contributed by atoms with Gasteiger partial charge in [0.15, 0.2) is 0 Å². The molecule has 1 aliphatic rings. The van der Waals surface area contributed by atoms with Gasteiger partial charge in [0.2, 0.25) is 10.0 Å². The van der Waals surface area contributed by atoms with Crippen molar-refractivity contribution in [1.29, 1.82) is 0 Å². The summed E-state index contributed by atoms with van der Waals surface area (Å²) in [5.74, 6) is -0.174. The van der Waals surface area contributed by atoms with Gasteiger partial charge in [0.25, 0.3) is 5.91 Å². The molecule has 1 saturated heterocycles. The number of rotatable bonds is 5. The smallest absolute Gasteiger partial charge is 0.251 e. The van der Waals surface area contributed by atoms with Crippen molar-refractivity contribution in [2.45, 2.75) is 51.0 Å². The van der Waals surface area contributed by atoms with Crippen LogP contribution in [0.5, 0.6) is 0 Å². The second kappa shape index (κ2) is 8.69. The van der Waals surface area contributed by atoms with Crippen LogP contribution in [0, 0.1) is 5.41 Å². The van der Waals surface area contributed by atoms with Crippen molar-refractivity contribution in [3.05, 3.63) is 29.8 Å². The van der Waals surface area contributed by atoms with E-state index < -0.39 is 15.6 Å². The van der Waals surface area contributed by atoms with Gasteiger partial charge in [0.05, 0.1) is 4.90 Å². The van der Waals surface area contributed by atoms with Gasteiger partial charge >= 0.3 is 0 Å². The molecule has 1 aliphatic heterocycles. The van der Waals surface area contributed by atoms with Gasteiger partial charge in [0.1, 0.15) is 0 Å². The third-order valence-corrected chi connectivity index (χ3v) is 6.13. The molecule has 0 saturated carbocycles. The van der Waals surface area contributed by atoms with Crippen molar-refractivity contribution in [3.8, 4) is 0 Å². The maximum Gasteiger partial charge on any atom is 0.251 e. The monoisotopic (exact) mass is 403 g/mol. The minimum atomic E-state index is -3.59. The van der Waals surface area contributed by atoms with Crippen LogP contribution in [-0.4, -0.2) is 39.5 Å². The lowest BCUT2D eigenvalue weighted by Crippen LogP contribution is -2.42. The molecule has 1 amide bonds. The van der Waals surface area contributed by atoms with Crippen LogP contribution in [0.2, 0.25) is 0 Å². The lowest BCUT2D eigenvalue weighted by atomic mass is 9.81. The summed E-state index contributed by atoms with van der Waals surface area (Å²) >= 11 is 0. The minimum Gasteiger partial charge on any atom is -0.351 e. The SMILES string of the molecule is CC1(CNC(=O)c2ccc(S(=O)(=O)NC(C)(C)C)cc2)CCNCC1.Cl. The molecule has 1 heterocycles. The number of benzene rings is 1. The predicted octanol–water partition coefficient (Wildman–Crippen LogP) is 2.30. The Kier molecular flexibility index (Phi) is 7.65. The summed E-state index contributed by atoms with van der Waals surface area (Å²) in [4.78, 5) is 12.5. The summed E-state index contributed by atoms with van der Waals surface area (Å²) in [7, 11) is -3.59. The molecule has 0 spiro atoms. The van der Waals surface area contributed by atoms with E-state index in [2.05, 4.69) is 22.3 Å². The maximum absolute atomic E-state index is 12.3. The van der Waals surface area contributed by atoms with Crippen molar-refractivity contribution in [1.82, 2.24) is 15.4 Å². The van der Waals surface area contributed by atoms with E-state index in [1.165, 1.54) is 12.1 Å². The predicted molar refractivity (Wildman–Crippen MR) is 106 cm³/mol. The number of carbonyl (C=O) groups excluding carboxylic acids is 1. The number of carbonyl (C=O) groups is 1. The van der Waals surface area contributed by atoms with Crippen LogP contribution in [0.1, 0.15) is 50.9 Å². The first kappa shape index (κ1) is 22.9. The molecule has 3 N–H and O–H groups in total. The molecular formula is C18H30ClN3O3S. The number of amides is 1. The average Bonchev–Trinajstić information content (AvgIpc) is 2.51. The van der Waals surface area contributed by atoms with E-state index in [4.69, 9.17) is 0 Å². The molecule has 0 aliphatic carbocycles. The van der Waals surface area contributed by atoms with Crippen LogP contribution in [0.4, 0.5) is 0 Å². The summed E-state index contributed by atoms with van der Waals surface area (Å²) < 4.78 is 27.2. The van der Waals surface area contributed by atoms with Crippen LogP contribution >= 0.6 is 12.4 Å². The molecule has 148 valence electrons. The topological polar surface area (TPSA) is 87.3 Å². The Balaban J connectivity index is 0.00000338. The lowest BCUT2D eigenvalue weighted by Gasteiger charge is -2.34. The van der Waals surface area contributed by atoms with Gasteiger partial charge < -0.3 is 10.6 Å². The highest BCUT2D eigenvalue weighted by Crippen LogP contribution is 2.26. The molecule has 1 aromatic rings. The summed E-state index contributed by atoms with van der Waals surface area (Å²) in [5.41, 5.74) is 0.0206. The fourth-order valence-corrected chi connectivity index (χ4v) is 4.27. The molecule has 0 aromatic heterocycles. The van der Waals surface area contributed by atoms with E-state index in [0.29, 0.717) is 12.1 Å². The molecule has 6 nitrogen and oxygen atoms in total. The van der Waals surface area contributed by atoms with E-state index in [-0.39, 0.29) is 28.6 Å². The quantitative estimate of drug-likeness (QED) is 0.704. The molecule has 2 rings (SSSR count). The first-order valence-electron chi connectivity index (χ1n) is 8.64. The molecule has 0 radical (unpaired) electrons. The largest absolute Gasteiger partial charge is 0.351 e. The molecule has 0 bridgehead atoms. The highest BCUT2D eigenvalue weighted by atomic mass is 35.5. The number of hydrogen-bond donors (Lipinski definition) is 3. The van der Waals surface area contributed by atoms with E-state index in [1.807, 2.05) is 0 Å². The zero-order valence-corrected chi connectivity index (χ0v) is 17.5. The average molecular weight is 404 g/mol. The third kappa shape index (κ3) is 6.54. The van der Waals surface area contributed by atoms with Crippen molar-refractivity contribution in [2.24, 2.45) is 5.41 Å². The molecule has 0 atom stereocenters. The van der Waals surface area contributed by atoms with Gasteiger partial charge in [-0.1, -0.05) is 6.92 Å². The van der Waals surface area contributed by atoms with Crippen LogP contribution in [0.25, 0.3) is 0 Å². The second-order valence-corrected chi connectivity index (χ2v) is 9.81. The standard InChI is InChI=1S/C18H29N3O3S.ClH/c1-17(2,3)21-25(23,24)15-7-5-14(6-8-15)16(22)20-13-18(4)9-11-19-12-10-18;/h5-8,19,21H,9-13H2,1-4H3,(H,20,22);1H. The number of halogens is 1. The first-order valence-corrected chi connectivity index (χ1v) is 10.1. The Labute approximate surface area is 163 Å². The van der Waals surface area contributed by atoms with Crippen molar-refractivity contribution in [2.75, 3.05) is 19.6 Å². The lowest BCUT2D eigenvalue weighted by molar-refractivity contribution is 0.0922. The van der Waals surface area contributed by atoms with Crippen molar-refractivity contribution >= 4 is 28.3 Å². The highest BCUT2D eigenvalue weighted by molar-refractivity contribution is 7.89. The fraction of sp³-hybridized carbons (Fsp3) is 0.611. The maximum atomic E-state index is 12.3. The molecule has 0 unspecified atom stereocenters. The molecule has 1 aromatic carbocycles. The Hall–Kier alpha value is -1.15. The van der Waals surface area contributed by atoms with E-state index in [1.54, 1.807) is 32.9 Å². The van der Waals surface area contributed by atoms with Gasteiger partial charge in [-0.3, -0.25) is 4.79 Å². The van der Waals surface area contributed by atoms with Gasteiger partial charge in [-0.15, -0.1) is 12.4 Å². The summed E-state index contributed by atoms with van der Waals surface area (Å²) in [5, 5.41) is 6.29. The molecule has 26 heavy (non-hydrogen) atoms. The van der Waals surface area contributed by atoms with Crippen LogP contribution in [0.3, 0.4) is 0 Å². The highest BCUT2D eigenvalue weighted by Gasteiger charge is 2.27. The van der Waals surface area contributed by atoms with Crippen molar-refractivity contribution < 1.29 is 13.2 Å². The number of nitrogens with one attached hydrogen (secondary N) is 3. The van der Waals surface area contributed by atoms with Gasteiger partial charge in [-0.05, 0) is 76.4 Å². The van der Waals surface area contributed by atoms with E-state index in [0.717, 1.165) is 25.9 Å². The fourth-order valence-electron chi connectivity index (χ4n) is 2.85. The van der Waals surface area contributed by atoms with Crippen molar-refractivity contribution in [3.63, 3.8) is 0 Å².